The first kappa shape index (κ1) is 25.8. The number of rotatable bonds is 6. The molecule has 0 radical (unpaired) electrons. The molecule has 0 aromatic carbocycles. The number of methoxy groups -OCH3 is 2. The van der Waals surface area contributed by atoms with Crippen molar-refractivity contribution < 1.29 is 28.6 Å². The van der Waals surface area contributed by atoms with Crippen LogP contribution in [-0.4, -0.2) is 66.8 Å². The molecule has 2 amide bonds. The van der Waals surface area contributed by atoms with Gasteiger partial charge in [-0.2, -0.15) is 0 Å². The molecule has 2 fully saturated rings. The third-order valence-corrected chi connectivity index (χ3v) is 6.10. The maximum atomic E-state index is 13.8. The monoisotopic (exact) mass is 475 g/mol. The molecule has 0 N–H and O–H groups in total. The summed E-state index contributed by atoms with van der Waals surface area (Å²) in [5.74, 6) is -0.344. The minimum absolute atomic E-state index is 0.0445. The van der Waals surface area contributed by atoms with Crippen LogP contribution in [0.3, 0.4) is 0 Å². The van der Waals surface area contributed by atoms with Crippen LogP contribution in [0.1, 0.15) is 65.4 Å². The Morgan fingerprint density at radius 3 is 2.29 bits per heavy atom. The molecule has 2 atom stereocenters. The summed E-state index contributed by atoms with van der Waals surface area (Å²) in [7, 11) is 2.92. The molecule has 188 valence electrons. The van der Waals surface area contributed by atoms with Gasteiger partial charge in [-0.05, 0) is 46.0 Å². The van der Waals surface area contributed by atoms with Crippen molar-refractivity contribution in [1.29, 1.82) is 0 Å². The number of likely N-dealkylation sites (tertiary alicyclic amines) is 1. The Morgan fingerprint density at radius 1 is 1.12 bits per heavy atom. The third-order valence-electron chi connectivity index (χ3n) is 6.10. The molecule has 1 aliphatic carbocycles. The molecule has 0 unspecified atom stereocenters. The number of aromatic nitrogens is 1. The quantitative estimate of drug-likeness (QED) is 0.578. The second-order valence-electron chi connectivity index (χ2n) is 10.4. The summed E-state index contributed by atoms with van der Waals surface area (Å²) < 4.78 is 16.0. The Morgan fingerprint density at radius 2 is 1.76 bits per heavy atom. The van der Waals surface area contributed by atoms with Gasteiger partial charge in [0.2, 0.25) is 5.91 Å². The van der Waals surface area contributed by atoms with E-state index in [-0.39, 0.29) is 31.0 Å². The topological polar surface area (TPSA) is 98.3 Å². The Balaban J connectivity index is 1.89. The van der Waals surface area contributed by atoms with Gasteiger partial charge in [0.1, 0.15) is 17.2 Å². The van der Waals surface area contributed by atoms with Crippen molar-refractivity contribution in [3.63, 3.8) is 0 Å². The number of piperidine rings is 1. The van der Waals surface area contributed by atoms with E-state index in [1.165, 1.54) is 12.0 Å². The molecule has 1 aromatic rings. The minimum Gasteiger partial charge on any atom is -0.496 e. The Bertz CT molecular complexity index is 922. The second kappa shape index (κ2) is 10.2. The van der Waals surface area contributed by atoms with Crippen molar-refractivity contribution in [3.8, 4) is 5.75 Å². The normalized spacial score (nSPS) is 20.6. The van der Waals surface area contributed by atoms with Gasteiger partial charge in [0.25, 0.3) is 0 Å². The van der Waals surface area contributed by atoms with Crippen molar-refractivity contribution in [2.24, 2.45) is 11.8 Å². The van der Waals surface area contributed by atoms with E-state index < -0.39 is 29.5 Å². The summed E-state index contributed by atoms with van der Waals surface area (Å²) in [5, 5.41) is 0. The highest BCUT2D eigenvalue weighted by Crippen LogP contribution is 2.37. The summed E-state index contributed by atoms with van der Waals surface area (Å²) in [6, 6.07) is 1.85. The Kier molecular flexibility index (Phi) is 7.73. The van der Waals surface area contributed by atoms with Gasteiger partial charge in [0.05, 0.1) is 26.1 Å². The van der Waals surface area contributed by atoms with Crippen molar-refractivity contribution in [2.45, 2.75) is 71.4 Å². The molecule has 2 aliphatic rings. The van der Waals surface area contributed by atoms with Crippen molar-refractivity contribution in [3.05, 3.63) is 17.8 Å². The fourth-order valence-electron chi connectivity index (χ4n) is 4.28. The third kappa shape index (κ3) is 5.98. The van der Waals surface area contributed by atoms with E-state index in [0.29, 0.717) is 18.0 Å². The molecule has 0 bridgehead atoms. The number of nitrogens with zero attached hydrogens (tertiary/aromatic N) is 3. The molecule has 3 rings (SSSR count). The van der Waals surface area contributed by atoms with Crippen molar-refractivity contribution >= 4 is 23.8 Å². The summed E-state index contributed by atoms with van der Waals surface area (Å²) in [6.07, 6.45) is 3.27. The van der Waals surface area contributed by atoms with E-state index in [9.17, 15) is 14.4 Å². The average Bonchev–Trinajstić information content (AvgIpc) is 3.61. The van der Waals surface area contributed by atoms with Crippen LogP contribution in [-0.2, 0) is 19.1 Å². The van der Waals surface area contributed by atoms with Gasteiger partial charge in [-0.25, -0.2) is 9.78 Å². The summed E-state index contributed by atoms with van der Waals surface area (Å²) >= 11 is 0. The first-order chi connectivity index (χ1) is 15.9. The molecular weight excluding hydrogens is 438 g/mol. The smallest absolute Gasteiger partial charge is 0.410 e. The number of pyridine rings is 1. The second-order valence-corrected chi connectivity index (χ2v) is 10.4. The van der Waals surface area contributed by atoms with E-state index in [1.54, 1.807) is 45.0 Å². The predicted molar refractivity (Wildman–Crippen MR) is 127 cm³/mol. The van der Waals surface area contributed by atoms with Crippen LogP contribution < -0.4 is 9.64 Å². The van der Waals surface area contributed by atoms with Crippen molar-refractivity contribution in [1.82, 2.24) is 9.88 Å². The lowest BCUT2D eigenvalue weighted by molar-refractivity contribution is -0.148. The molecule has 0 spiro atoms. The van der Waals surface area contributed by atoms with E-state index in [0.717, 1.165) is 18.4 Å². The highest BCUT2D eigenvalue weighted by molar-refractivity contribution is 5.96. The van der Waals surface area contributed by atoms with Gasteiger partial charge in [0.15, 0.2) is 0 Å². The van der Waals surface area contributed by atoms with Crippen LogP contribution in [0.5, 0.6) is 5.75 Å². The van der Waals surface area contributed by atoms with Crippen LogP contribution in [0, 0.1) is 11.8 Å². The SMILES string of the molecule is COC(=O)[C@H]1C[C@@H](C(=O)N(c2cc(OC)c(C(C)C)cn2)C2CC2)CN(C(=O)OC(C)(C)C)C1. The van der Waals surface area contributed by atoms with E-state index >= 15 is 0 Å². The molecule has 1 aliphatic heterocycles. The number of carbonyl (C=O) groups is 3. The predicted octanol–water partition coefficient (Wildman–Crippen LogP) is 3.76. The highest BCUT2D eigenvalue weighted by atomic mass is 16.6. The lowest BCUT2D eigenvalue weighted by Gasteiger charge is -2.38. The van der Waals surface area contributed by atoms with Crippen LogP contribution >= 0.6 is 0 Å². The summed E-state index contributed by atoms with van der Waals surface area (Å²) in [4.78, 5) is 46.8. The highest BCUT2D eigenvalue weighted by Gasteiger charge is 2.44. The number of anilines is 1. The van der Waals surface area contributed by atoms with Gasteiger partial charge in [0, 0.05) is 37.0 Å². The number of hydrogen-bond acceptors (Lipinski definition) is 7. The summed E-state index contributed by atoms with van der Waals surface area (Å²) in [5.41, 5.74) is 0.280. The fourth-order valence-corrected chi connectivity index (χ4v) is 4.28. The maximum Gasteiger partial charge on any atom is 0.410 e. The number of hydrogen-bond donors (Lipinski definition) is 0. The zero-order chi connectivity index (χ0) is 25.2. The molecule has 9 nitrogen and oxygen atoms in total. The van der Waals surface area contributed by atoms with Gasteiger partial charge >= 0.3 is 12.1 Å². The van der Waals surface area contributed by atoms with Crippen LogP contribution in [0.15, 0.2) is 12.3 Å². The van der Waals surface area contributed by atoms with Gasteiger partial charge in [-0.15, -0.1) is 0 Å². The van der Waals surface area contributed by atoms with E-state index in [4.69, 9.17) is 14.2 Å². The molecule has 1 aromatic heterocycles. The molecule has 1 saturated carbocycles. The van der Waals surface area contributed by atoms with Crippen LogP contribution in [0.2, 0.25) is 0 Å². The largest absolute Gasteiger partial charge is 0.496 e. The number of amides is 2. The van der Waals surface area contributed by atoms with Gasteiger partial charge in [-0.1, -0.05) is 13.8 Å². The zero-order valence-corrected chi connectivity index (χ0v) is 21.3. The lowest BCUT2D eigenvalue weighted by atomic mass is 9.88. The number of carbonyl (C=O) groups excluding carboxylic acids is 3. The molecular formula is C25H37N3O6. The van der Waals surface area contributed by atoms with E-state index in [1.807, 2.05) is 0 Å². The maximum absolute atomic E-state index is 13.8. The van der Waals surface area contributed by atoms with Crippen LogP contribution in [0.4, 0.5) is 10.6 Å². The van der Waals surface area contributed by atoms with Crippen LogP contribution in [0.25, 0.3) is 0 Å². The molecule has 34 heavy (non-hydrogen) atoms. The zero-order valence-electron chi connectivity index (χ0n) is 21.3. The first-order valence-electron chi connectivity index (χ1n) is 11.9. The Hall–Kier alpha value is -2.84. The Labute approximate surface area is 201 Å². The molecule has 9 heteroatoms. The van der Waals surface area contributed by atoms with Crippen molar-refractivity contribution in [2.75, 3.05) is 32.2 Å². The number of esters is 1. The molecule has 2 heterocycles. The fraction of sp³-hybridized carbons (Fsp3) is 0.680. The summed E-state index contributed by atoms with van der Waals surface area (Å²) in [6.45, 7) is 9.79. The van der Waals surface area contributed by atoms with E-state index in [2.05, 4.69) is 18.8 Å². The van der Waals surface area contributed by atoms with Gasteiger partial charge < -0.3 is 19.1 Å². The first-order valence-corrected chi connectivity index (χ1v) is 11.9. The standard InChI is InChI=1S/C25H37N3O6/c1-15(2)19-12-26-21(11-20(19)32-6)28(18-8-9-18)22(29)16-10-17(23(30)33-7)14-27(13-16)24(31)34-25(3,4)5/h11-12,15-18H,8-10,13-14H2,1-7H3/t16-,17+/m1/s1. The minimum atomic E-state index is -0.687. The lowest BCUT2D eigenvalue weighted by Crippen LogP contribution is -2.52. The molecule has 1 saturated heterocycles. The average molecular weight is 476 g/mol. The number of ether oxygens (including phenoxy) is 3. The van der Waals surface area contributed by atoms with Gasteiger partial charge in [-0.3, -0.25) is 14.5 Å².